The standard InChI is InChI=1S/C16H17F3N4O4S/c1-7-6-9(16(17,18)19)22-23(7)5-4-10(24)21-14-11(15(26)27-3)8(2)12(28-14)13(20)25/h6H,4-5H2,1-3H3,(H2,20,25)(H,21,24). The minimum absolute atomic E-state index is 0.00396. The molecule has 12 heteroatoms. The molecule has 0 atom stereocenters. The molecule has 0 saturated heterocycles. The molecule has 0 fully saturated rings. The first-order valence-electron chi connectivity index (χ1n) is 7.88. The van der Waals surface area contributed by atoms with E-state index < -0.39 is 29.7 Å². The van der Waals surface area contributed by atoms with Gasteiger partial charge in [-0.1, -0.05) is 0 Å². The topological polar surface area (TPSA) is 116 Å². The van der Waals surface area contributed by atoms with Crippen LogP contribution < -0.4 is 11.1 Å². The average Bonchev–Trinajstić information content (AvgIpc) is 3.12. The van der Waals surface area contributed by atoms with Crippen LogP contribution in [0.4, 0.5) is 18.2 Å². The molecular formula is C16H17F3N4O4S. The molecule has 2 rings (SSSR count). The lowest BCUT2D eigenvalue weighted by Crippen LogP contribution is -2.17. The SMILES string of the molecule is COC(=O)c1c(NC(=O)CCn2nc(C(F)(F)F)cc2C)sc(C(N)=O)c1C. The van der Waals surface area contributed by atoms with Gasteiger partial charge in [-0.3, -0.25) is 14.3 Å². The molecule has 2 amide bonds. The van der Waals surface area contributed by atoms with Gasteiger partial charge in [0.2, 0.25) is 5.91 Å². The van der Waals surface area contributed by atoms with E-state index in [9.17, 15) is 27.6 Å². The highest BCUT2D eigenvalue weighted by molar-refractivity contribution is 7.18. The number of alkyl halides is 3. The lowest BCUT2D eigenvalue weighted by atomic mass is 10.1. The monoisotopic (exact) mass is 418 g/mol. The Balaban J connectivity index is 2.16. The first kappa shape index (κ1) is 21.4. The summed E-state index contributed by atoms with van der Waals surface area (Å²) in [4.78, 5) is 35.7. The zero-order valence-corrected chi connectivity index (χ0v) is 16.0. The smallest absolute Gasteiger partial charge is 0.435 e. The van der Waals surface area contributed by atoms with Crippen molar-refractivity contribution >= 4 is 34.1 Å². The van der Waals surface area contributed by atoms with Crippen LogP contribution in [0.2, 0.25) is 0 Å². The highest BCUT2D eigenvalue weighted by Gasteiger charge is 2.34. The normalized spacial score (nSPS) is 11.4. The van der Waals surface area contributed by atoms with E-state index >= 15 is 0 Å². The minimum Gasteiger partial charge on any atom is -0.465 e. The van der Waals surface area contributed by atoms with E-state index in [0.717, 1.165) is 29.2 Å². The third-order valence-corrected chi connectivity index (χ3v) is 5.06. The van der Waals surface area contributed by atoms with E-state index in [-0.39, 0.29) is 39.7 Å². The van der Waals surface area contributed by atoms with Gasteiger partial charge >= 0.3 is 12.1 Å². The van der Waals surface area contributed by atoms with Crippen molar-refractivity contribution in [2.75, 3.05) is 12.4 Å². The number of aryl methyl sites for hydroxylation is 2. The number of halogens is 3. The molecule has 8 nitrogen and oxygen atoms in total. The van der Waals surface area contributed by atoms with Gasteiger partial charge < -0.3 is 15.8 Å². The second-order valence-electron chi connectivity index (χ2n) is 5.81. The summed E-state index contributed by atoms with van der Waals surface area (Å²) < 4.78 is 43.8. The summed E-state index contributed by atoms with van der Waals surface area (Å²) in [6, 6.07) is 0.884. The molecule has 0 bridgehead atoms. The van der Waals surface area contributed by atoms with Gasteiger partial charge in [0, 0.05) is 18.7 Å². The first-order valence-corrected chi connectivity index (χ1v) is 8.70. The summed E-state index contributed by atoms with van der Waals surface area (Å²) in [7, 11) is 1.15. The maximum Gasteiger partial charge on any atom is 0.435 e. The third kappa shape index (κ3) is 4.50. The number of anilines is 1. The fraction of sp³-hybridized carbons (Fsp3) is 0.375. The van der Waals surface area contributed by atoms with Crippen LogP contribution in [0, 0.1) is 13.8 Å². The lowest BCUT2D eigenvalue weighted by Gasteiger charge is -2.07. The molecule has 2 aromatic rings. The number of primary amides is 1. The Morgan fingerprint density at radius 2 is 1.96 bits per heavy atom. The van der Waals surface area contributed by atoms with Crippen molar-refractivity contribution in [3.8, 4) is 0 Å². The van der Waals surface area contributed by atoms with E-state index in [4.69, 9.17) is 5.73 Å². The summed E-state index contributed by atoms with van der Waals surface area (Å²) in [5, 5.41) is 6.00. The van der Waals surface area contributed by atoms with Gasteiger partial charge in [-0.25, -0.2) is 4.79 Å². The van der Waals surface area contributed by atoms with E-state index in [0.29, 0.717) is 0 Å². The lowest BCUT2D eigenvalue weighted by molar-refractivity contribution is -0.141. The van der Waals surface area contributed by atoms with E-state index in [1.165, 1.54) is 13.8 Å². The van der Waals surface area contributed by atoms with Crippen molar-refractivity contribution in [3.63, 3.8) is 0 Å². The molecule has 0 unspecified atom stereocenters. The van der Waals surface area contributed by atoms with Gasteiger partial charge in [0.15, 0.2) is 5.69 Å². The quantitative estimate of drug-likeness (QED) is 0.699. The molecule has 0 saturated carbocycles. The van der Waals surface area contributed by atoms with Crippen LogP contribution in [0.3, 0.4) is 0 Å². The van der Waals surface area contributed by atoms with E-state index in [1.807, 2.05) is 0 Å². The average molecular weight is 418 g/mol. The maximum atomic E-state index is 12.7. The first-order chi connectivity index (χ1) is 13.0. The van der Waals surface area contributed by atoms with Crippen molar-refractivity contribution in [2.45, 2.75) is 33.0 Å². The Kier molecular flexibility index (Phi) is 6.12. The fourth-order valence-corrected chi connectivity index (χ4v) is 3.52. The van der Waals surface area contributed by atoms with Gasteiger partial charge in [0.1, 0.15) is 5.00 Å². The number of carbonyl (C=O) groups is 3. The van der Waals surface area contributed by atoms with Crippen LogP contribution in [-0.4, -0.2) is 34.7 Å². The van der Waals surface area contributed by atoms with Crippen LogP contribution in [0.1, 0.15) is 43.4 Å². The summed E-state index contributed by atoms with van der Waals surface area (Å²) in [6.45, 7) is 2.83. The van der Waals surface area contributed by atoms with Crippen molar-refractivity contribution in [3.05, 3.63) is 33.5 Å². The molecule has 0 aliphatic carbocycles. The molecule has 0 radical (unpaired) electrons. The summed E-state index contributed by atoms with van der Waals surface area (Å²) in [6.07, 6.45) is -4.78. The molecule has 152 valence electrons. The van der Waals surface area contributed by atoms with Crippen LogP contribution in [0.15, 0.2) is 6.07 Å². The maximum absolute atomic E-state index is 12.7. The van der Waals surface area contributed by atoms with Gasteiger partial charge in [0.05, 0.1) is 17.6 Å². The number of rotatable bonds is 6. The van der Waals surface area contributed by atoms with Gasteiger partial charge in [-0.05, 0) is 25.5 Å². The molecular weight excluding hydrogens is 401 g/mol. The fourth-order valence-electron chi connectivity index (χ4n) is 2.46. The Labute approximate surface area is 161 Å². The number of nitrogens with one attached hydrogen (secondary N) is 1. The van der Waals surface area contributed by atoms with E-state index in [2.05, 4.69) is 15.2 Å². The number of hydrogen-bond acceptors (Lipinski definition) is 6. The number of nitrogens with zero attached hydrogens (tertiary/aromatic N) is 2. The Bertz CT molecular complexity index is 933. The number of methoxy groups -OCH3 is 1. The molecule has 3 N–H and O–H groups in total. The van der Waals surface area contributed by atoms with Gasteiger partial charge in [0.25, 0.3) is 5.91 Å². The number of carbonyl (C=O) groups excluding carboxylic acids is 3. The minimum atomic E-state index is -4.58. The predicted octanol–water partition coefficient (Wildman–Crippen LogP) is 2.49. The zero-order valence-electron chi connectivity index (χ0n) is 15.1. The Morgan fingerprint density at radius 3 is 2.46 bits per heavy atom. The van der Waals surface area contributed by atoms with Crippen LogP contribution >= 0.6 is 11.3 Å². The highest BCUT2D eigenvalue weighted by atomic mass is 32.1. The molecule has 28 heavy (non-hydrogen) atoms. The van der Waals surface area contributed by atoms with Crippen molar-refractivity contribution in [1.29, 1.82) is 0 Å². The largest absolute Gasteiger partial charge is 0.465 e. The van der Waals surface area contributed by atoms with Crippen LogP contribution in [-0.2, 0) is 22.3 Å². The number of thiophene rings is 1. The second-order valence-corrected chi connectivity index (χ2v) is 6.83. The summed E-state index contributed by atoms with van der Waals surface area (Å²) in [5.41, 5.74) is 4.75. The molecule has 2 aromatic heterocycles. The molecule has 2 heterocycles. The summed E-state index contributed by atoms with van der Waals surface area (Å²) >= 11 is 0.820. The van der Waals surface area contributed by atoms with Gasteiger partial charge in [-0.15, -0.1) is 11.3 Å². The van der Waals surface area contributed by atoms with Crippen LogP contribution in [0.5, 0.6) is 0 Å². The number of amides is 2. The summed E-state index contributed by atoms with van der Waals surface area (Å²) in [5.74, 6) is -2.10. The number of esters is 1. The number of ether oxygens (including phenoxy) is 1. The van der Waals surface area contributed by atoms with Gasteiger partial charge in [-0.2, -0.15) is 18.3 Å². The van der Waals surface area contributed by atoms with Crippen LogP contribution in [0.25, 0.3) is 0 Å². The molecule has 0 aromatic carbocycles. The number of nitrogens with two attached hydrogens (primary N) is 1. The number of hydrogen-bond donors (Lipinski definition) is 2. The molecule has 0 aliphatic heterocycles. The van der Waals surface area contributed by atoms with Crippen molar-refractivity contribution in [2.24, 2.45) is 5.73 Å². The second kappa shape index (κ2) is 8.00. The Morgan fingerprint density at radius 1 is 1.32 bits per heavy atom. The van der Waals surface area contributed by atoms with E-state index in [1.54, 1.807) is 0 Å². The van der Waals surface area contributed by atoms with Crippen molar-refractivity contribution in [1.82, 2.24) is 9.78 Å². The Hall–Kier alpha value is -2.89. The zero-order chi connectivity index (χ0) is 21.2. The predicted molar refractivity (Wildman–Crippen MR) is 94.1 cm³/mol. The third-order valence-electron chi connectivity index (χ3n) is 3.84. The van der Waals surface area contributed by atoms with Crippen molar-refractivity contribution < 1.29 is 32.3 Å². The molecule has 0 spiro atoms. The highest BCUT2D eigenvalue weighted by Crippen LogP contribution is 2.33. The molecule has 0 aliphatic rings. The number of aromatic nitrogens is 2.